The summed E-state index contributed by atoms with van der Waals surface area (Å²) in [6, 6.07) is 3.93. The fourth-order valence-corrected chi connectivity index (χ4v) is 1.38. The molecule has 0 radical (unpaired) electrons. The number of hydrogen-bond acceptors (Lipinski definition) is 3. The third-order valence-electron chi connectivity index (χ3n) is 2.48. The molecule has 1 amide bonds. The van der Waals surface area contributed by atoms with E-state index in [1.54, 1.807) is 24.3 Å². The molecule has 0 spiro atoms. The van der Waals surface area contributed by atoms with Crippen molar-refractivity contribution < 1.29 is 9.53 Å². The molecule has 1 heterocycles. The SMILES string of the molecule is CCCOCC(=O)N(C)CCc1ccncc1. The zero-order chi connectivity index (χ0) is 12.5. The third-order valence-corrected chi connectivity index (χ3v) is 2.48. The number of nitrogens with zero attached hydrogens (tertiary/aromatic N) is 2. The first-order valence-corrected chi connectivity index (χ1v) is 5.94. The van der Waals surface area contributed by atoms with E-state index < -0.39 is 0 Å². The maximum atomic E-state index is 11.6. The quantitative estimate of drug-likeness (QED) is 0.674. The lowest BCUT2D eigenvalue weighted by Gasteiger charge is -2.17. The van der Waals surface area contributed by atoms with Crippen LogP contribution in [0.4, 0.5) is 0 Å². The van der Waals surface area contributed by atoms with Gasteiger partial charge in [0.05, 0.1) is 0 Å². The monoisotopic (exact) mass is 236 g/mol. The molecule has 94 valence electrons. The maximum Gasteiger partial charge on any atom is 0.248 e. The van der Waals surface area contributed by atoms with Crippen LogP contribution in [0.3, 0.4) is 0 Å². The number of aromatic nitrogens is 1. The summed E-state index contributed by atoms with van der Waals surface area (Å²) >= 11 is 0. The molecule has 0 aliphatic heterocycles. The first-order chi connectivity index (χ1) is 8.24. The molecule has 4 nitrogen and oxygen atoms in total. The predicted octanol–water partition coefficient (Wildman–Crippen LogP) is 1.51. The first-order valence-electron chi connectivity index (χ1n) is 5.94. The Labute approximate surface area is 103 Å². The molecule has 0 atom stereocenters. The Hall–Kier alpha value is -1.42. The Morgan fingerprint density at radius 1 is 1.41 bits per heavy atom. The number of amides is 1. The second-order valence-corrected chi connectivity index (χ2v) is 3.97. The van der Waals surface area contributed by atoms with Crippen LogP contribution in [-0.2, 0) is 16.0 Å². The van der Waals surface area contributed by atoms with Gasteiger partial charge >= 0.3 is 0 Å². The predicted molar refractivity (Wildman–Crippen MR) is 66.7 cm³/mol. The van der Waals surface area contributed by atoms with Crippen LogP contribution in [0.15, 0.2) is 24.5 Å². The van der Waals surface area contributed by atoms with Crippen molar-refractivity contribution in [1.29, 1.82) is 0 Å². The summed E-state index contributed by atoms with van der Waals surface area (Å²) in [6.45, 7) is 3.56. The Morgan fingerprint density at radius 2 is 2.12 bits per heavy atom. The average molecular weight is 236 g/mol. The molecule has 0 saturated carbocycles. The van der Waals surface area contributed by atoms with E-state index in [-0.39, 0.29) is 12.5 Å². The van der Waals surface area contributed by atoms with E-state index in [9.17, 15) is 4.79 Å². The molecule has 0 fully saturated rings. The summed E-state index contributed by atoms with van der Waals surface area (Å²) in [4.78, 5) is 17.3. The van der Waals surface area contributed by atoms with Gasteiger partial charge in [0, 0.05) is 32.6 Å². The minimum Gasteiger partial charge on any atom is -0.372 e. The van der Waals surface area contributed by atoms with Crippen LogP contribution in [0.5, 0.6) is 0 Å². The smallest absolute Gasteiger partial charge is 0.248 e. The number of hydrogen-bond donors (Lipinski definition) is 0. The summed E-state index contributed by atoms with van der Waals surface area (Å²) in [5.41, 5.74) is 1.19. The van der Waals surface area contributed by atoms with Crippen LogP contribution in [-0.4, -0.2) is 42.6 Å². The van der Waals surface area contributed by atoms with Crippen molar-refractivity contribution in [3.05, 3.63) is 30.1 Å². The highest BCUT2D eigenvalue weighted by atomic mass is 16.5. The van der Waals surface area contributed by atoms with Gasteiger partial charge in [0.15, 0.2) is 0 Å². The largest absolute Gasteiger partial charge is 0.372 e. The molecule has 0 N–H and O–H groups in total. The molecular weight excluding hydrogens is 216 g/mol. The van der Waals surface area contributed by atoms with Gasteiger partial charge in [-0.25, -0.2) is 0 Å². The molecule has 0 aliphatic rings. The number of rotatable bonds is 7. The second-order valence-electron chi connectivity index (χ2n) is 3.97. The molecule has 1 aromatic rings. The van der Waals surface area contributed by atoms with Crippen LogP contribution in [0.2, 0.25) is 0 Å². The van der Waals surface area contributed by atoms with Crippen molar-refractivity contribution >= 4 is 5.91 Å². The number of likely N-dealkylation sites (N-methyl/N-ethyl adjacent to an activating group) is 1. The lowest BCUT2D eigenvalue weighted by atomic mass is 10.2. The summed E-state index contributed by atoms with van der Waals surface area (Å²) < 4.78 is 5.22. The van der Waals surface area contributed by atoms with Gasteiger partial charge in [0.2, 0.25) is 5.91 Å². The van der Waals surface area contributed by atoms with Crippen LogP contribution < -0.4 is 0 Å². The van der Waals surface area contributed by atoms with Crippen molar-refractivity contribution in [2.45, 2.75) is 19.8 Å². The fraction of sp³-hybridized carbons (Fsp3) is 0.538. The summed E-state index contributed by atoms with van der Waals surface area (Å²) in [5.74, 6) is 0.0347. The van der Waals surface area contributed by atoms with E-state index in [0.717, 1.165) is 12.8 Å². The first kappa shape index (κ1) is 13.6. The van der Waals surface area contributed by atoms with Crippen molar-refractivity contribution in [3.63, 3.8) is 0 Å². The van der Waals surface area contributed by atoms with Crippen LogP contribution in [0, 0.1) is 0 Å². The third kappa shape index (κ3) is 5.45. The number of carbonyl (C=O) groups is 1. The molecule has 0 bridgehead atoms. The van der Waals surface area contributed by atoms with E-state index in [1.807, 2.05) is 19.1 Å². The second kappa shape index (κ2) is 7.79. The van der Waals surface area contributed by atoms with Gasteiger partial charge in [-0.05, 0) is 30.5 Å². The van der Waals surface area contributed by atoms with Gasteiger partial charge in [-0.3, -0.25) is 9.78 Å². The highest BCUT2D eigenvalue weighted by molar-refractivity contribution is 5.77. The van der Waals surface area contributed by atoms with E-state index in [0.29, 0.717) is 13.2 Å². The van der Waals surface area contributed by atoms with Gasteiger partial charge in [0.1, 0.15) is 6.61 Å². The Bertz CT molecular complexity index is 327. The van der Waals surface area contributed by atoms with E-state index in [1.165, 1.54) is 5.56 Å². The summed E-state index contributed by atoms with van der Waals surface area (Å²) in [5, 5.41) is 0. The molecule has 17 heavy (non-hydrogen) atoms. The van der Waals surface area contributed by atoms with Gasteiger partial charge in [0.25, 0.3) is 0 Å². The van der Waals surface area contributed by atoms with E-state index >= 15 is 0 Å². The van der Waals surface area contributed by atoms with Crippen LogP contribution >= 0.6 is 0 Å². The lowest BCUT2D eigenvalue weighted by Crippen LogP contribution is -2.32. The highest BCUT2D eigenvalue weighted by Crippen LogP contribution is 1.99. The molecule has 0 aromatic carbocycles. The van der Waals surface area contributed by atoms with Crippen LogP contribution in [0.25, 0.3) is 0 Å². The van der Waals surface area contributed by atoms with Gasteiger partial charge in [-0.2, -0.15) is 0 Å². The molecule has 0 aliphatic carbocycles. The molecule has 4 heteroatoms. The van der Waals surface area contributed by atoms with Crippen molar-refractivity contribution in [2.24, 2.45) is 0 Å². The van der Waals surface area contributed by atoms with E-state index in [4.69, 9.17) is 4.74 Å². The summed E-state index contributed by atoms with van der Waals surface area (Å²) in [7, 11) is 1.80. The lowest BCUT2D eigenvalue weighted by molar-refractivity contribution is -0.134. The van der Waals surface area contributed by atoms with E-state index in [2.05, 4.69) is 4.98 Å². The molecular formula is C13H20N2O2. The van der Waals surface area contributed by atoms with Crippen molar-refractivity contribution in [1.82, 2.24) is 9.88 Å². The van der Waals surface area contributed by atoms with Gasteiger partial charge < -0.3 is 9.64 Å². The highest BCUT2D eigenvalue weighted by Gasteiger charge is 2.08. The number of ether oxygens (including phenoxy) is 1. The minimum atomic E-state index is 0.0347. The minimum absolute atomic E-state index is 0.0347. The van der Waals surface area contributed by atoms with Gasteiger partial charge in [-0.15, -0.1) is 0 Å². The van der Waals surface area contributed by atoms with Crippen molar-refractivity contribution in [2.75, 3.05) is 26.8 Å². The Kier molecular flexibility index (Phi) is 6.25. The Balaban J connectivity index is 2.24. The van der Waals surface area contributed by atoms with Crippen LogP contribution in [0.1, 0.15) is 18.9 Å². The maximum absolute atomic E-state index is 11.6. The zero-order valence-electron chi connectivity index (χ0n) is 10.6. The fourth-order valence-electron chi connectivity index (χ4n) is 1.38. The summed E-state index contributed by atoms with van der Waals surface area (Å²) in [6.07, 6.45) is 5.32. The standard InChI is InChI=1S/C13H20N2O2/c1-3-10-17-11-13(16)15(2)9-6-12-4-7-14-8-5-12/h4-5,7-8H,3,6,9-11H2,1-2H3. The number of carbonyl (C=O) groups excluding carboxylic acids is 1. The Morgan fingerprint density at radius 3 is 2.76 bits per heavy atom. The molecule has 1 rings (SSSR count). The van der Waals surface area contributed by atoms with Crippen molar-refractivity contribution in [3.8, 4) is 0 Å². The topological polar surface area (TPSA) is 42.4 Å². The molecule has 0 saturated heterocycles. The zero-order valence-corrected chi connectivity index (χ0v) is 10.6. The normalized spacial score (nSPS) is 10.2. The average Bonchev–Trinajstić information content (AvgIpc) is 2.37. The molecule has 1 aromatic heterocycles. The number of pyridine rings is 1. The van der Waals surface area contributed by atoms with Gasteiger partial charge in [-0.1, -0.05) is 6.92 Å². The molecule has 0 unspecified atom stereocenters.